The molecule has 202 valence electrons. The van der Waals surface area contributed by atoms with Gasteiger partial charge in [0.15, 0.2) is 9.47 Å². The largest absolute Gasteiger partial charge is 0.478 e. The van der Waals surface area contributed by atoms with Gasteiger partial charge in [0.1, 0.15) is 22.1 Å². The lowest BCUT2D eigenvalue weighted by Gasteiger charge is -2.49. The number of thioether (sulfide) groups is 2. The fourth-order valence-electron chi connectivity index (χ4n) is 3.22. The highest BCUT2D eigenvalue weighted by Crippen LogP contribution is 2.41. The molecule has 0 spiro atoms. The molecular weight excluding hydrogens is 583 g/mol. The molecule has 0 aromatic carbocycles. The number of aromatic nitrogens is 4. The quantitative estimate of drug-likeness (QED) is 0.0911. The number of nitrogens with one attached hydrogen (secondary N) is 1. The van der Waals surface area contributed by atoms with Gasteiger partial charge in [-0.3, -0.25) is 14.5 Å². The standard InChI is InChI=1S/C18H19N9O7S4/c1-5(15(30)31)34-25-8(11-22-17(20)38-26-11)12(28)21-9-13(29)27-10(16(32)33)6(3-35-14(9)27)4-36-18-24-23-7(2-19)37-18/h5,9,14H,2-4,19H2,1H3,(H,21,28)(H,30,31)(H,32,33)(H2,20,22,26)/t5?,9?,14-/m1/s1. The van der Waals surface area contributed by atoms with E-state index >= 15 is 0 Å². The van der Waals surface area contributed by atoms with Crippen molar-refractivity contribution in [2.75, 3.05) is 17.2 Å². The predicted molar refractivity (Wildman–Crippen MR) is 137 cm³/mol. The summed E-state index contributed by atoms with van der Waals surface area (Å²) in [5.74, 6) is -3.81. The zero-order chi connectivity index (χ0) is 27.6. The average molecular weight is 602 g/mol. The van der Waals surface area contributed by atoms with Crippen LogP contribution in [-0.4, -0.2) is 93.2 Å². The number of carboxylic acid groups (broad SMARTS) is 2. The van der Waals surface area contributed by atoms with Gasteiger partial charge < -0.3 is 31.8 Å². The lowest BCUT2D eigenvalue weighted by atomic mass is 10.0. The summed E-state index contributed by atoms with van der Waals surface area (Å²) in [4.78, 5) is 59.0. The molecule has 0 radical (unpaired) electrons. The highest BCUT2D eigenvalue weighted by molar-refractivity contribution is 8.01. The van der Waals surface area contributed by atoms with Crippen molar-refractivity contribution in [3.63, 3.8) is 0 Å². The number of β-lactam (4-membered cyclic amide) rings is 1. The normalized spacial score (nSPS) is 20.0. The van der Waals surface area contributed by atoms with E-state index < -0.39 is 47.0 Å². The summed E-state index contributed by atoms with van der Waals surface area (Å²) in [6.07, 6.45) is -1.38. The molecule has 3 atom stereocenters. The zero-order valence-corrected chi connectivity index (χ0v) is 22.5. The smallest absolute Gasteiger partial charge is 0.352 e. The molecule has 4 rings (SSSR count). The number of rotatable bonds is 11. The molecule has 2 unspecified atom stereocenters. The van der Waals surface area contributed by atoms with Crippen LogP contribution in [0.2, 0.25) is 0 Å². The van der Waals surface area contributed by atoms with E-state index in [4.69, 9.17) is 21.4 Å². The van der Waals surface area contributed by atoms with Gasteiger partial charge in [-0.2, -0.15) is 9.36 Å². The first-order valence-corrected chi connectivity index (χ1v) is 14.1. The number of fused-ring (bicyclic) bond motifs is 1. The highest BCUT2D eigenvalue weighted by atomic mass is 32.2. The number of nitrogens with zero attached hydrogens (tertiary/aromatic N) is 6. The minimum atomic E-state index is -1.38. The van der Waals surface area contributed by atoms with Crippen LogP contribution in [0.1, 0.15) is 17.8 Å². The van der Waals surface area contributed by atoms with Crippen LogP contribution in [0, 0.1) is 0 Å². The van der Waals surface area contributed by atoms with E-state index in [9.17, 15) is 24.3 Å². The van der Waals surface area contributed by atoms with Gasteiger partial charge in [0.05, 0.1) is 0 Å². The minimum Gasteiger partial charge on any atom is -0.478 e. The van der Waals surface area contributed by atoms with Crippen LogP contribution >= 0.6 is 46.4 Å². The van der Waals surface area contributed by atoms with Gasteiger partial charge in [-0.05, 0) is 12.5 Å². The first kappa shape index (κ1) is 27.7. The molecule has 0 bridgehead atoms. The number of carbonyl (C=O) groups is 4. The summed E-state index contributed by atoms with van der Waals surface area (Å²) in [5, 5.41) is 32.8. The first-order chi connectivity index (χ1) is 18.1. The van der Waals surface area contributed by atoms with E-state index in [0.717, 1.165) is 16.4 Å². The molecule has 2 aromatic heterocycles. The number of nitrogens with two attached hydrogens (primary N) is 2. The van der Waals surface area contributed by atoms with Crippen molar-refractivity contribution in [3.05, 3.63) is 22.1 Å². The number of amides is 2. The Hall–Kier alpha value is -3.33. The Morgan fingerprint density at radius 2 is 2.11 bits per heavy atom. The Morgan fingerprint density at radius 1 is 1.34 bits per heavy atom. The molecule has 16 nitrogen and oxygen atoms in total. The number of oxime groups is 1. The van der Waals surface area contributed by atoms with Crippen LogP contribution in [0.3, 0.4) is 0 Å². The molecule has 7 N–H and O–H groups in total. The van der Waals surface area contributed by atoms with Gasteiger partial charge in [-0.1, -0.05) is 28.3 Å². The third kappa shape index (κ3) is 5.72. The maximum absolute atomic E-state index is 13.0. The number of hydrogen-bond acceptors (Lipinski definition) is 16. The van der Waals surface area contributed by atoms with Crippen LogP contribution in [-0.2, 0) is 30.6 Å². The van der Waals surface area contributed by atoms with Crippen molar-refractivity contribution in [1.82, 2.24) is 29.8 Å². The second kappa shape index (κ2) is 11.6. The number of aliphatic carboxylic acids is 2. The number of carboxylic acids is 2. The Bertz CT molecular complexity index is 1340. The molecular formula is C18H19N9O7S4. The Kier molecular flexibility index (Phi) is 8.45. The lowest BCUT2D eigenvalue weighted by Crippen LogP contribution is -2.71. The SMILES string of the molecule is CC(ON=C(C(=O)NC1C(=O)N2C(C(=O)O)=C(CSc3nnc(CN)s3)CS[C@H]12)c1nsc(N)n1)C(=O)O. The maximum atomic E-state index is 13.0. The van der Waals surface area contributed by atoms with Gasteiger partial charge in [0.25, 0.3) is 11.8 Å². The van der Waals surface area contributed by atoms with E-state index in [1.807, 2.05) is 0 Å². The fraction of sp³-hybridized carbons (Fsp3) is 0.389. The van der Waals surface area contributed by atoms with E-state index in [2.05, 4.69) is 30.0 Å². The van der Waals surface area contributed by atoms with Crippen molar-refractivity contribution in [2.24, 2.45) is 10.9 Å². The second-order valence-corrected chi connectivity index (χ2v) is 11.7. The molecule has 0 saturated carbocycles. The molecule has 4 heterocycles. The molecule has 38 heavy (non-hydrogen) atoms. The van der Waals surface area contributed by atoms with Crippen molar-refractivity contribution in [1.29, 1.82) is 0 Å². The zero-order valence-electron chi connectivity index (χ0n) is 19.3. The molecule has 2 amide bonds. The first-order valence-electron chi connectivity index (χ1n) is 10.5. The molecule has 1 saturated heterocycles. The van der Waals surface area contributed by atoms with Gasteiger partial charge in [-0.25, -0.2) is 9.59 Å². The van der Waals surface area contributed by atoms with Gasteiger partial charge in [-0.15, -0.1) is 22.0 Å². The monoisotopic (exact) mass is 601 g/mol. The Morgan fingerprint density at radius 3 is 2.71 bits per heavy atom. The fourth-order valence-corrected chi connectivity index (χ4v) is 6.92. The summed E-state index contributed by atoms with van der Waals surface area (Å²) >= 11 is 4.65. The van der Waals surface area contributed by atoms with E-state index in [1.54, 1.807) is 0 Å². The number of carbonyl (C=O) groups excluding carboxylic acids is 2. The van der Waals surface area contributed by atoms with Crippen LogP contribution in [0.15, 0.2) is 20.8 Å². The summed E-state index contributed by atoms with van der Waals surface area (Å²) < 4.78 is 4.51. The summed E-state index contributed by atoms with van der Waals surface area (Å²) in [5.41, 5.74) is 11.0. The lowest BCUT2D eigenvalue weighted by molar-refractivity contribution is -0.150. The number of hydrogen-bond donors (Lipinski definition) is 5. The topological polar surface area (TPSA) is 249 Å². The Labute approximate surface area is 230 Å². The third-order valence-corrected chi connectivity index (χ3v) is 9.10. The molecule has 2 aliphatic rings. The van der Waals surface area contributed by atoms with Crippen molar-refractivity contribution in [2.45, 2.75) is 35.3 Å². The minimum absolute atomic E-state index is 0.0231. The molecule has 2 aliphatic heterocycles. The summed E-state index contributed by atoms with van der Waals surface area (Å²) in [6.45, 7) is 1.45. The van der Waals surface area contributed by atoms with Crippen molar-refractivity contribution < 1.29 is 34.2 Å². The van der Waals surface area contributed by atoms with Crippen LogP contribution in [0.4, 0.5) is 5.13 Å². The summed E-state index contributed by atoms with van der Waals surface area (Å²) in [6, 6.07) is -1.08. The van der Waals surface area contributed by atoms with Gasteiger partial charge in [0.2, 0.25) is 17.6 Å². The molecule has 1 fully saturated rings. The molecule has 20 heteroatoms. The number of anilines is 1. The van der Waals surface area contributed by atoms with Crippen molar-refractivity contribution >= 4 is 81.0 Å². The average Bonchev–Trinajstić information content (AvgIpc) is 3.53. The summed E-state index contributed by atoms with van der Waals surface area (Å²) in [7, 11) is 0. The van der Waals surface area contributed by atoms with Gasteiger partial charge in [0, 0.05) is 29.6 Å². The van der Waals surface area contributed by atoms with Gasteiger partial charge >= 0.3 is 11.9 Å². The molecule has 0 aliphatic carbocycles. The third-order valence-electron chi connectivity index (χ3n) is 5.05. The number of nitrogen functional groups attached to an aromatic ring is 1. The molecule has 2 aromatic rings. The van der Waals surface area contributed by atoms with Crippen LogP contribution in [0.25, 0.3) is 0 Å². The van der Waals surface area contributed by atoms with Crippen molar-refractivity contribution in [3.8, 4) is 0 Å². The maximum Gasteiger partial charge on any atom is 0.352 e. The van der Waals surface area contributed by atoms with Crippen LogP contribution < -0.4 is 16.8 Å². The highest BCUT2D eigenvalue weighted by Gasteiger charge is 2.54. The van der Waals surface area contributed by atoms with E-state index in [-0.39, 0.29) is 29.0 Å². The second-order valence-electron chi connectivity index (χ2n) is 7.55. The predicted octanol–water partition coefficient (Wildman–Crippen LogP) is -0.845. The van der Waals surface area contributed by atoms with E-state index in [0.29, 0.717) is 20.7 Å². The van der Waals surface area contributed by atoms with E-state index in [1.165, 1.54) is 41.8 Å². The Balaban J connectivity index is 1.49. The van der Waals surface area contributed by atoms with Crippen LogP contribution in [0.5, 0.6) is 0 Å².